The van der Waals surface area contributed by atoms with Crippen LogP contribution in [0.15, 0.2) is 46.0 Å². The average molecular weight is 418 g/mol. The van der Waals surface area contributed by atoms with Gasteiger partial charge in [0, 0.05) is 25.7 Å². The number of benzene rings is 1. The van der Waals surface area contributed by atoms with Crippen LogP contribution >= 0.6 is 11.6 Å². The van der Waals surface area contributed by atoms with Crippen molar-refractivity contribution in [3.63, 3.8) is 0 Å². The molecule has 152 valence electrons. The van der Waals surface area contributed by atoms with Crippen LogP contribution in [-0.4, -0.2) is 34.3 Å². The van der Waals surface area contributed by atoms with Crippen LogP contribution in [0.5, 0.6) is 5.75 Å². The molecule has 3 rings (SSSR count). The standard InChI is InChI=1S/C19H20ClN5O4/c1-4-28-16-15(17(26)22-14-9-21-29-11-14)23-19(25(3)18(16)27)24(2)10-12-6-5-7-13(20)8-12/h5-9,11H,4,10H2,1-3H3,(H,22,26). The summed E-state index contributed by atoms with van der Waals surface area (Å²) in [6.07, 6.45) is 2.61. The molecule has 3 aromatic rings. The van der Waals surface area contributed by atoms with Crippen molar-refractivity contribution < 1.29 is 14.1 Å². The molecule has 0 unspecified atom stereocenters. The quantitative estimate of drug-likeness (QED) is 0.630. The normalized spacial score (nSPS) is 10.6. The maximum absolute atomic E-state index is 12.9. The Kier molecular flexibility index (Phi) is 6.18. The number of rotatable bonds is 7. The fraction of sp³-hybridized carbons (Fsp3) is 0.263. The highest BCUT2D eigenvalue weighted by atomic mass is 35.5. The second-order valence-electron chi connectivity index (χ2n) is 6.24. The molecule has 0 aliphatic carbocycles. The topological polar surface area (TPSA) is 102 Å². The number of carbonyl (C=O) groups is 1. The SMILES string of the molecule is CCOc1c(C(=O)Nc2cnoc2)nc(N(C)Cc2cccc(Cl)c2)n(C)c1=O. The number of halogens is 1. The van der Waals surface area contributed by atoms with Gasteiger partial charge in [-0.2, -0.15) is 0 Å². The van der Waals surface area contributed by atoms with E-state index in [0.29, 0.717) is 23.2 Å². The lowest BCUT2D eigenvalue weighted by atomic mass is 10.2. The van der Waals surface area contributed by atoms with Crippen molar-refractivity contribution in [2.24, 2.45) is 7.05 Å². The first-order chi connectivity index (χ1) is 13.9. The summed E-state index contributed by atoms with van der Waals surface area (Å²) in [5.74, 6) is -0.426. The summed E-state index contributed by atoms with van der Waals surface area (Å²) >= 11 is 6.05. The summed E-state index contributed by atoms with van der Waals surface area (Å²) in [6, 6.07) is 7.36. The second-order valence-corrected chi connectivity index (χ2v) is 6.68. The zero-order valence-corrected chi connectivity index (χ0v) is 16.9. The van der Waals surface area contributed by atoms with Crippen LogP contribution in [-0.2, 0) is 13.6 Å². The summed E-state index contributed by atoms with van der Waals surface area (Å²) < 4.78 is 11.5. The van der Waals surface area contributed by atoms with Crippen LogP contribution in [0.4, 0.5) is 11.6 Å². The Balaban J connectivity index is 1.99. The van der Waals surface area contributed by atoms with Crippen molar-refractivity contribution in [3.05, 3.63) is 63.4 Å². The van der Waals surface area contributed by atoms with Gasteiger partial charge in [0.2, 0.25) is 11.7 Å². The van der Waals surface area contributed by atoms with Crippen LogP contribution in [0.3, 0.4) is 0 Å². The van der Waals surface area contributed by atoms with E-state index in [4.69, 9.17) is 20.9 Å². The summed E-state index contributed by atoms with van der Waals surface area (Å²) in [5, 5.41) is 6.73. The van der Waals surface area contributed by atoms with Crippen molar-refractivity contribution in [3.8, 4) is 5.75 Å². The smallest absolute Gasteiger partial charge is 0.297 e. The highest BCUT2D eigenvalue weighted by Crippen LogP contribution is 2.20. The van der Waals surface area contributed by atoms with Gasteiger partial charge >= 0.3 is 0 Å². The van der Waals surface area contributed by atoms with Gasteiger partial charge in [0.15, 0.2) is 5.69 Å². The lowest BCUT2D eigenvalue weighted by Gasteiger charge is -2.22. The zero-order valence-electron chi connectivity index (χ0n) is 16.2. The maximum Gasteiger partial charge on any atom is 0.297 e. The van der Waals surface area contributed by atoms with Gasteiger partial charge in [-0.3, -0.25) is 14.2 Å². The number of nitrogens with zero attached hydrogens (tertiary/aromatic N) is 4. The van der Waals surface area contributed by atoms with Gasteiger partial charge in [0.1, 0.15) is 12.0 Å². The predicted octanol–water partition coefficient (Wildman–Crippen LogP) is 2.71. The Morgan fingerprint density at radius 3 is 2.86 bits per heavy atom. The minimum absolute atomic E-state index is 0.121. The summed E-state index contributed by atoms with van der Waals surface area (Å²) in [7, 11) is 3.34. The van der Waals surface area contributed by atoms with Crippen molar-refractivity contribution in [1.82, 2.24) is 14.7 Å². The first-order valence-electron chi connectivity index (χ1n) is 8.80. The highest BCUT2D eigenvalue weighted by Gasteiger charge is 2.24. The Bertz CT molecular complexity index is 1060. The molecule has 9 nitrogen and oxygen atoms in total. The minimum Gasteiger partial charge on any atom is -0.486 e. The Labute approximate surface area is 171 Å². The van der Waals surface area contributed by atoms with Crippen LogP contribution < -0.4 is 20.5 Å². The summed E-state index contributed by atoms with van der Waals surface area (Å²) in [4.78, 5) is 31.8. The van der Waals surface area contributed by atoms with Gasteiger partial charge in [-0.15, -0.1) is 0 Å². The van der Waals surface area contributed by atoms with Crippen molar-refractivity contribution in [2.45, 2.75) is 13.5 Å². The second kappa shape index (κ2) is 8.78. The minimum atomic E-state index is -0.605. The zero-order chi connectivity index (χ0) is 21.0. The van der Waals surface area contributed by atoms with Crippen molar-refractivity contribution in [1.29, 1.82) is 0 Å². The summed E-state index contributed by atoms with van der Waals surface area (Å²) in [6.45, 7) is 2.37. The molecule has 0 atom stereocenters. The molecule has 2 heterocycles. The van der Waals surface area contributed by atoms with Gasteiger partial charge in [-0.1, -0.05) is 28.9 Å². The molecule has 0 spiro atoms. The first-order valence-corrected chi connectivity index (χ1v) is 9.18. The van der Waals surface area contributed by atoms with Crippen molar-refractivity contribution >= 4 is 29.1 Å². The van der Waals surface area contributed by atoms with Crippen LogP contribution in [0.1, 0.15) is 23.0 Å². The fourth-order valence-electron chi connectivity index (χ4n) is 2.78. The van der Waals surface area contributed by atoms with Crippen LogP contribution in [0.25, 0.3) is 0 Å². The Morgan fingerprint density at radius 1 is 1.41 bits per heavy atom. The molecule has 1 aromatic carbocycles. The molecule has 0 aliphatic rings. The van der Waals surface area contributed by atoms with Gasteiger partial charge in [-0.05, 0) is 24.6 Å². The van der Waals surface area contributed by atoms with Gasteiger partial charge < -0.3 is 19.5 Å². The third-order valence-corrected chi connectivity index (χ3v) is 4.30. The molecule has 29 heavy (non-hydrogen) atoms. The number of aromatic nitrogens is 3. The number of amides is 1. The monoisotopic (exact) mass is 417 g/mol. The van der Waals surface area contributed by atoms with Crippen LogP contribution in [0, 0.1) is 0 Å². The average Bonchev–Trinajstić information content (AvgIpc) is 3.18. The highest BCUT2D eigenvalue weighted by molar-refractivity contribution is 6.30. The molecule has 0 fully saturated rings. The van der Waals surface area contributed by atoms with Gasteiger partial charge in [0.25, 0.3) is 11.5 Å². The Morgan fingerprint density at radius 2 is 2.21 bits per heavy atom. The van der Waals surface area contributed by atoms with E-state index in [0.717, 1.165) is 5.56 Å². The fourth-order valence-corrected chi connectivity index (χ4v) is 2.99. The lowest BCUT2D eigenvalue weighted by Crippen LogP contribution is -2.32. The van der Waals surface area contributed by atoms with Gasteiger partial charge in [-0.25, -0.2) is 4.98 Å². The van der Waals surface area contributed by atoms with Crippen molar-refractivity contribution in [2.75, 3.05) is 23.9 Å². The third-order valence-electron chi connectivity index (χ3n) is 4.07. The van der Waals surface area contributed by atoms with E-state index in [1.807, 2.05) is 18.2 Å². The number of ether oxygens (including phenoxy) is 1. The van der Waals surface area contributed by atoms with Gasteiger partial charge in [0.05, 0.1) is 12.8 Å². The largest absolute Gasteiger partial charge is 0.486 e. The molecule has 0 radical (unpaired) electrons. The van der Waals surface area contributed by atoms with E-state index in [1.165, 1.54) is 17.0 Å². The molecule has 0 aliphatic heterocycles. The lowest BCUT2D eigenvalue weighted by molar-refractivity contribution is 0.101. The maximum atomic E-state index is 12.9. The molecule has 10 heteroatoms. The number of carbonyl (C=O) groups excluding carboxylic acids is 1. The predicted molar refractivity (Wildman–Crippen MR) is 109 cm³/mol. The first kappa shape index (κ1) is 20.4. The molecular formula is C19H20ClN5O4. The van der Waals surface area contributed by atoms with Crippen LogP contribution in [0.2, 0.25) is 5.02 Å². The molecule has 0 saturated heterocycles. The number of hydrogen-bond acceptors (Lipinski definition) is 7. The molecule has 1 amide bonds. The van der Waals surface area contributed by atoms with E-state index in [1.54, 1.807) is 32.0 Å². The third kappa shape index (κ3) is 4.57. The Hall–Kier alpha value is -3.33. The summed E-state index contributed by atoms with van der Waals surface area (Å²) in [5.41, 5.74) is 0.682. The molecule has 1 N–H and O–H groups in total. The number of nitrogens with one attached hydrogen (secondary N) is 1. The molecule has 2 aromatic heterocycles. The van der Waals surface area contributed by atoms with E-state index in [-0.39, 0.29) is 18.1 Å². The van der Waals surface area contributed by atoms with E-state index in [9.17, 15) is 9.59 Å². The molecule has 0 bridgehead atoms. The van der Waals surface area contributed by atoms with E-state index in [2.05, 4.69) is 15.5 Å². The van der Waals surface area contributed by atoms with E-state index >= 15 is 0 Å². The number of hydrogen-bond donors (Lipinski definition) is 1. The number of anilines is 2. The molecular weight excluding hydrogens is 398 g/mol. The molecule has 0 saturated carbocycles. The van der Waals surface area contributed by atoms with E-state index < -0.39 is 11.5 Å².